The van der Waals surface area contributed by atoms with Crippen molar-refractivity contribution in [2.75, 3.05) is 0 Å². The Balaban J connectivity index is -0.000000264. The molecule has 0 atom stereocenters. The van der Waals surface area contributed by atoms with Gasteiger partial charge in [0.1, 0.15) is 0 Å². The van der Waals surface area contributed by atoms with Crippen LogP contribution in [0.4, 0.5) is 0 Å². The summed E-state index contributed by atoms with van der Waals surface area (Å²) in [6.07, 6.45) is 0. The fraction of sp³-hybridized carbons (Fsp3) is 0.200. The van der Waals surface area contributed by atoms with Gasteiger partial charge in [-0.15, -0.1) is 16.8 Å². The zero-order valence-corrected chi connectivity index (χ0v) is 19.6. The minimum absolute atomic E-state index is 0. The Labute approximate surface area is 175 Å². The maximum Gasteiger partial charge on any atom is 2.00 e. The van der Waals surface area contributed by atoms with Gasteiger partial charge in [0.2, 0.25) is 0 Å². The Hall–Kier alpha value is -0.288. The molecule has 0 heterocycles. The molecular weight excluding hydrogens is 513 g/mol. The van der Waals surface area contributed by atoms with Crippen molar-refractivity contribution in [3.05, 3.63) is 84.9 Å². The van der Waals surface area contributed by atoms with Gasteiger partial charge in [0.15, 0.2) is 0 Å². The van der Waals surface area contributed by atoms with Crippen molar-refractivity contribution in [2.24, 2.45) is 0 Å². The van der Waals surface area contributed by atoms with Crippen LogP contribution in [-0.4, -0.2) is 0 Å². The Morgan fingerprint density at radius 1 is 0.591 bits per heavy atom. The first-order valence-electron chi connectivity index (χ1n) is 7.14. The second-order valence-electron chi connectivity index (χ2n) is 3.27. The molecule has 0 saturated heterocycles. The first kappa shape index (κ1) is 26.6. The van der Waals surface area contributed by atoms with E-state index in [0.29, 0.717) is 0 Å². The van der Waals surface area contributed by atoms with E-state index < -0.39 is 0 Å². The van der Waals surface area contributed by atoms with E-state index in [2.05, 4.69) is 36.4 Å². The van der Waals surface area contributed by atoms with Crippen LogP contribution in [0.25, 0.3) is 10.8 Å². The van der Waals surface area contributed by atoms with Gasteiger partial charge < -0.3 is 12.1 Å². The summed E-state index contributed by atoms with van der Waals surface area (Å²) < 4.78 is 0. The summed E-state index contributed by atoms with van der Waals surface area (Å²) in [7, 11) is 0. The number of hydrogen-bond donors (Lipinski definition) is 0. The summed E-state index contributed by atoms with van der Waals surface area (Å²) in [6, 6.07) is 30.3. The van der Waals surface area contributed by atoms with E-state index in [9.17, 15) is 0 Å². The first-order chi connectivity index (χ1) is 9.97. The van der Waals surface area contributed by atoms with Gasteiger partial charge in [-0.3, -0.25) is 24.3 Å². The van der Waals surface area contributed by atoms with Crippen molar-refractivity contribution >= 4 is 10.8 Å². The molecule has 0 aliphatic heterocycles. The second kappa shape index (κ2) is 20.7. The van der Waals surface area contributed by atoms with Gasteiger partial charge in [0, 0.05) is 32.7 Å². The number of rotatable bonds is 0. The van der Waals surface area contributed by atoms with Gasteiger partial charge in [0.25, 0.3) is 0 Å². The van der Waals surface area contributed by atoms with E-state index in [1.54, 1.807) is 0 Å². The largest absolute Gasteiger partial charge is 2.00 e. The van der Waals surface area contributed by atoms with Crippen LogP contribution in [-0.2, 0) is 53.8 Å². The molecule has 2 heteroatoms. The predicted octanol–water partition coefficient (Wildman–Crippen LogP) is 5.97. The minimum Gasteiger partial charge on any atom is -0.319 e. The van der Waals surface area contributed by atoms with E-state index in [0.717, 1.165) is 0 Å². The molecule has 0 aliphatic rings. The molecule has 0 unspecified atom stereocenters. The molecule has 0 N–H and O–H groups in total. The molecule has 0 amide bonds. The summed E-state index contributed by atoms with van der Waals surface area (Å²) in [5, 5.41) is 2.53. The fourth-order valence-corrected chi connectivity index (χ4v) is 1.37. The Kier molecular flexibility index (Phi) is 25.0. The van der Waals surface area contributed by atoms with Crippen LogP contribution < -0.4 is 0 Å². The average molecular weight is 536 g/mol. The Bertz CT molecular complexity index is 446. The van der Waals surface area contributed by atoms with Crippen LogP contribution in [0.15, 0.2) is 66.7 Å². The second-order valence-corrected chi connectivity index (χ2v) is 3.27. The molecular formula is C20H23WY-. The maximum atomic E-state index is 3.04. The number of hydrogen-bond acceptors (Lipinski definition) is 0. The topological polar surface area (TPSA) is 0 Å². The molecule has 22 heavy (non-hydrogen) atoms. The van der Waals surface area contributed by atoms with Gasteiger partial charge in [-0.2, -0.15) is 24.3 Å². The SMILES string of the molecule is CC.CC.[W+2].[Y].[c-]1cc[c-]cc1.[c-]1ccc2ccccc2c1. The van der Waals surface area contributed by atoms with Gasteiger partial charge >= 0.3 is 21.1 Å². The smallest absolute Gasteiger partial charge is 0.319 e. The zero-order valence-electron chi connectivity index (χ0n) is 13.8. The molecule has 0 saturated carbocycles. The quantitative estimate of drug-likeness (QED) is 0.311. The van der Waals surface area contributed by atoms with E-state index >= 15 is 0 Å². The molecule has 0 spiro atoms. The standard InChI is InChI=1S/C10H7.C6H4.2C2H6.W.Y/c1-2-6-10-8-4-3-7-9(10)5-1;1-2-4-6-5-3-1;2*1-2;;/h1-3,5-8H;1-2,5-6H;2*1-2H3;;/q-1;-2;;;+2;. The third-order valence-corrected chi connectivity index (χ3v) is 2.15. The van der Waals surface area contributed by atoms with Crippen molar-refractivity contribution in [3.8, 4) is 0 Å². The van der Waals surface area contributed by atoms with Gasteiger partial charge in [-0.1, -0.05) is 45.9 Å². The fourth-order valence-electron chi connectivity index (χ4n) is 1.37. The average Bonchev–Trinajstić information content (AvgIpc) is 2.61. The van der Waals surface area contributed by atoms with E-state index in [1.165, 1.54) is 10.8 Å². The summed E-state index contributed by atoms with van der Waals surface area (Å²) in [5.41, 5.74) is 0. The monoisotopic (exact) mass is 536 g/mol. The molecule has 0 aliphatic carbocycles. The van der Waals surface area contributed by atoms with E-state index in [-0.39, 0.29) is 53.8 Å². The van der Waals surface area contributed by atoms with Crippen molar-refractivity contribution in [2.45, 2.75) is 27.7 Å². The van der Waals surface area contributed by atoms with Crippen LogP contribution in [0.1, 0.15) is 27.7 Å². The van der Waals surface area contributed by atoms with Crippen LogP contribution >= 0.6 is 0 Å². The first-order valence-corrected chi connectivity index (χ1v) is 7.14. The molecule has 113 valence electrons. The van der Waals surface area contributed by atoms with Crippen LogP contribution in [0.5, 0.6) is 0 Å². The number of fused-ring (bicyclic) bond motifs is 1. The van der Waals surface area contributed by atoms with Crippen molar-refractivity contribution in [1.29, 1.82) is 0 Å². The van der Waals surface area contributed by atoms with Gasteiger partial charge in [0.05, 0.1) is 0 Å². The zero-order chi connectivity index (χ0) is 15.1. The molecule has 1 radical (unpaired) electrons. The van der Waals surface area contributed by atoms with E-state index in [1.807, 2.05) is 76.2 Å². The maximum absolute atomic E-state index is 3.04. The van der Waals surface area contributed by atoms with Gasteiger partial charge in [-0.25, -0.2) is 0 Å². The third kappa shape index (κ3) is 12.3. The molecule has 0 nitrogen and oxygen atoms in total. The van der Waals surface area contributed by atoms with Gasteiger partial charge in [-0.05, 0) is 0 Å². The van der Waals surface area contributed by atoms with Crippen molar-refractivity contribution in [1.82, 2.24) is 0 Å². The molecule has 3 rings (SSSR count). The number of benzene rings is 3. The van der Waals surface area contributed by atoms with Crippen LogP contribution in [0.2, 0.25) is 0 Å². The molecule has 3 aromatic carbocycles. The normalized spacial score (nSPS) is 7.27. The molecule has 0 fully saturated rings. The Morgan fingerprint density at radius 3 is 1.45 bits per heavy atom. The Morgan fingerprint density at radius 2 is 1.05 bits per heavy atom. The third-order valence-electron chi connectivity index (χ3n) is 2.15. The minimum atomic E-state index is 0. The summed E-state index contributed by atoms with van der Waals surface area (Å²) in [6.45, 7) is 8.00. The molecule has 3 aromatic rings. The van der Waals surface area contributed by atoms with Crippen LogP contribution in [0, 0.1) is 18.2 Å². The predicted molar refractivity (Wildman–Crippen MR) is 89.6 cm³/mol. The van der Waals surface area contributed by atoms with Crippen molar-refractivity contribution in [3.63, 3.8) is 0 Å². The summed E-state index contributed by atoms with van der Waals surface area (Å²) in [5.74, 6) is 0. The van der Waals surface area contributed by atoms with Crippen LogP contribution in [0.3, 0.4) is 0 Å². The summed E-state index contributed by atoms with van der Waals surface area (Å²) in [4.78, 5) is 0. The van der Waals surface area contributed by atoms with E-state index in [4.69, 9.17) is 0 Å². The van der Waals surface area contributed by atoms with Crippen molar-refractivity contribution < 1.29 is 53.8 Å². The molecule has 0 aromatic heterocycles. The molecule has 0 bridgehead atoms. The summed E-state index contributed by atoms with van der Waals surface area (Å²) >= 11 is 0.